The summed E-state index contributed by atoms with van der Waals surface area (Å²) in [6.45, 7) is 0. The van der Waals surface area contributed by atoms with Crippen LogP contribution in [-0.2, 0) is 0 Å². The van der Waals surface area contributed by atoms with E-state index in [2.05, 4.69) is 42.5 Å². The largest absolute Gasteiger partial charge is 0.455 e. The lowest BCUT2D eigenvalue weighted by atomic mass is 9.94. The number of furan rings is 1. The monoisotopic (exact) mass is 773 g/mol. The van der Waals surface area contributed by atoms with E-state index in [1.807, 2.05) is 103 Å². The van der Waals surface area contributed by atoms with Gasteiger partial charge < -0.3 is 8.98 Å². The van der Waals surface area contributed by atoms with Crippen molar-refractivity contribution in [2.45, 2.75) is 0 Å². The molecule has 0 radical (unpaired) electrons. The van der Waals surface area contributed by atoms with Gasteiger partial charge in [0.25, 0.3) is 0 Å². The zero-order valence-corrected chi connectivity index (χ0v) is 31.8. The zero-order chi connectivity index (χ0) is 45.7. The molecule has 0 saturated heterocycles. The summed E-state index contributed by atoms with van der Waals surface area (Å²) in [5.41, 5.74) is 8.10. The lowest BCUT2D eigenvalue weighted by Gasteiger charge is -2.16. The van der Waals surface area contributed by atoms with Gasteiger partial charge in [-0.3, -0.25) is 0 Å². The summed E-state index contributed by atoms with van der Waals surface area (Å²) < 4.78 is 70.3. The standard InChI is InChI=1S/C55H34N4O/c1-2-16-35(17-3-1)38-32-33-46(41-21-5-4-20-40(38)41)54-56-53(37-19-14-18-36(34-37)39-26-15-27-45-44-24-9-13-31-51(44)60-52(39)45)57-55(58-54)47-25-8-12-30-50(47)59-48-28-10-6-22-42(48)43-23-7-11-29-49(43)59/h1-34H/i6D,7D,10D,22D,23D,28D,29D. The molecule has 0 spiro atoms. The van der Waals surface area contributed by atoms with Crippen molar-refractivity contribution in [2.24, 2.45) is 0 Å². The van der Waals surface area contributed by atoms with Crippen molar-refractivity contribution in [3.05, 3.63) is 206 Å². The van der Waals surface area contributed by atoms with Gasteiger partial charge in [-0.05, 0) is 69.9 Å². The van der Waals surface area contributed by atoms with Gasteiger partial charge in [-0.2, -0.15) is 0 Å². The van der Waals surface area contributed by atoms with Crippen molar-refractivity contribution in [3.8, 4) is 62.1 Å². The maximum absolute atomic E-state index is 9.21. The minimum absolute atomic E-state index is 0.0571. The number of aromatic nitrogens is 4. The van der Waals surface area contributed by atoms with E-state index < -0.39 is 12.1 Å². The number of benzene rings is 9. The molecule has 3 aromatic heterocycles. The Hall–Kier alpha value is -8.15. The lowest BCUT2D eigenvalue weighted by molar-refractivity contribution is 0.670. The maximum Gasteiger partial charge on any atom is 0.166 e. The van der Waals surface area contributed by atoms with Gasteiger partial charge >= 0.3 is 0 Å². The van der Waals surface area contributed by atoms with Crippen molar-refractivity contribution in [3.63, 3.8) is 0 Å². The van der Waals surface area contributed by atoms with Crippen LogP contribution in [0.1, 0.15) is 9.60 Å². The minimum atomic E-state index is -0.470. The predicted octanol–water partition coefficient (Wildman–Crippen LogP) is 14.4. The Bertz CT molecular complexity index is 4030. The summed E-state index contributed by atoms with van der Waals surface area (Å²) in [4.78, 5) is 15.7. The number of para-hydroxylation sites is 5. The van der Waals surface area contributed by atoms with Crippen LogP contribution in [0, 0.1) is 0 Å². The van der Waals surface area contributed by atoms with Crippen LogP contribution in [0.3, 0.4) is 0 Å². The summed E-state index contributed by atoms with van der Waals surface area (Å²) in [7, 11) is 0. The molecule has 280 valence electrons. The molecule has 0 N–H and O–H groups in total. The highest BCUT2D eigenvalue weighted by Gasteiger charge is 2.21. The minimum Gasteiger partial charge on any atom is -0.455 e. The van der Waals surface area contributed by atoms with Gasteiger partial charge in [-0.15, -0.1) is 0 Å². The van der Waals surface area contributed by atoms with Gasteiger partial charge in [-0.1, -0.05) is 164 Å². The Balaban J connectivity index is 1.13. The van der Waals surface area contributed by atoms with Crippen molar-refractivity contribution in [1.29, 1.82) is 0 Å². The van der Waals surface area contributed by atoms with Gasteiger partial charge in [0.1, 0.15) is 11.2 Å². The Labute approximate surface area is 355 Å². The number of hydrogen-bond acceptors (Lipinski definition) is 4. The molecule has 0 saturated carbocycles. The van der Waals surface area contributed by atoms with Crippen LogP contribution in [0.25, 0.3) is 117 Å². The second kappa shape index (κ2) is 13.8. The molecule has 0 aliphatic carbocycles. The fourth-order valence-corrected chi connectivity index (χ4v) is 8.48. The van der Waals surface area contributed by atoms with Crippen LogP contribution in [0.5, 0.6) is 0 Å². The fourth-order valence-electron chi connectivity index (χ4n) is 8.48. The fraction of sp³-hybridized carbons (Fsp3) is 0. The molecule has 12 aromatic rings. The van der Waals surface area contributed by atoms with E-state index in [4.69, 9.17) is 26.2 Å². The molecular formula is C55H34N4O. The van der Waals surface area contributed by atoms with Crippen LogP contribution < -0.4 is 0 Å². The van der Waals surface area contributed by atoms with E-state index in [1.165, 1.54) is 6.07 Å². The van der Waals surface area contributed by atoms with Crippen molar-refractivity contribution in [2.75, 3.05) is 0 Å². The molecule has 60 heavy (non-hydrogen) atoms. The molecule has 0 bridgehead atoms. The zero-order valence-electron chi connectivity index (χ0n) is 38.8. The Morgan fingerprint density at radius 3 is 1.87 bits per heavy atom. The quantitative estimate of drug-likeness (QED) is 0.169. The van der Waals surface area contributed by atoms with Crippen molar-refractivity contribution in [1.82, 2.24) is 19.5 Å². The Kier molecular flexibility index (Phi) is 6.30. The van der Waals surface area contributed by atoms with Crippen LogP contribution in [0.4, 0.5) is 0 Å². The highest BCUT2D eigenvalue weighted by Crippen LogP contribution is 2.40. The van der Waals surface area contributed by atoms with Gasteiger partial charge in [0.15, 0.2) is 17.5 Å². The molecular weight excluding hydrogens is 733 g/mol. The maximum atomic E-state index is 9.21. The normalized spacial score (nSPS) is 13.3. The number of fused-ring (bicyclic) bond motifs is 7. The molecule has 0 amide bonds. The van der Waals surface area contributed by atoms with Crippen LogP contribution >= 0.6 is 0 Å². The van der Waals surface area contributed by atoms with Crippen LogP contribution in [-0.4, -0.2) is 19.5 Å². The molecule has 3 heterocycles. The average Bonchev–Trinajstić information content (AvgIpc) is 3.94. The highest BCUT2D eigenvalue weighted by atomic mass is 16.3. The Morgan fingerprint density at radius 1 is 0.383 bits per heavy atom. The SMILES string of the molecule is [2H]c1cc([2H])c2c(c1[2H])c1c([2H])c([2H])c([2H])c([2H])c1n2-c1ccccc1-c1nc(-c2cccc(-c3cccc4c3oc3ccccc34)c2)nc(-c2ccc(-c3ccccc3)c3ccccc23)n1. The second-order valence-corrected chi connectivity index (χ2v) is 14.6. The van der Waals surface area contributed by atoms with E-state index in [9.17, 15) is 2.74 Å². The van der Waals surface area contributed by atoms with Gasteiger partial charge in [0.05, 0.1) is 26.3 Å². The molecule has 0 aliphatic heterocycles. The first kappa shape index (κ1) is 27.5. The number of nitrogens with zero attached hydrogens (tertiary/aromatic N) is 4. The summed E-state index contributed by atoms with van der Waals surface area (Å²) >= 11 is 0. The van der Waals surface area contributed by atoms with Crippen molar-refractivity contribution < 1.29 is 14.0 Å². The average molecular weight is 774 g/mol. The first-order valence-electron chi connectivity index (χ1n) is 23.1. The molecule has 0 aliphatic rings. The van der Waals surface area contributed by atoms with E-state index >= 15 is 0 Å². The van der Waals surface area contributed by atoms with Gasteiger partial charge in [0, 0.05) is 43.8 Å². The molecule has 5 nitrogen and oxygen atoms in total. The first-order valence-corrected chi connectivity index (χ1v) is 19.6. The topological polar surface area (TPSA) is 56.7 Å². The molecule has 0 unspecified atom stereocenters. The molecule has 5 heteroatoms. The lowest BCUT2D eigenvalue weighted by Crippen LogP contribution is -2.04. The number of hydrogen-bond donors (Lipinski definition) is 0. The molecule has 12 rings (SSSR count). The summed E-state index contributed by atoms with van der Waals surface area (Å²) in [5, 5.41) is 4.12. The predicted molar refractivity (Wildman–Crippen MR) is 246 cm³/mol. The molecule has 9 aromatic carbocycles. The van der Waals surface area contributed by atoms with E-state index in [1.54, 1.807) is 16.7 Å². The Morgan fingerprint density at radius 2 is 0.983 bits per heavy atom. The van der Waals surface area contributed by atoms with Gasteiger partial charge in [0.2, 0.25) is 0 Å². The van der Waals surface area contributed by atoms with Crippen LogP contribution in [0.2, 0.25) is 0 Å². The summed E-state index contributed by atoms with van der Waals surface area (Å²) in [6, 6.07) is 50.9. The first-order chi connectivity index (χ1) is 32.7. The third kappa shape index (κ3) is 5.44. The van der Waals surface area contributed by atoms with Crippen LogP contribution in [0.15, 0.2) is 211 Å². The number of rotatable bonds is 6. The molecule has 0 fully saturated rings. The third-order valence-electron chi connectivity index (χ3n) is 11.2. The smallest absolute Gasteiger partial charge is 0.166 e. The van der Waals surface area contributed by atoms with Gasteiger partial charge in [-0.25, -0.2) is 15.0 Å². The highest BCUT2D eigenvalue weighted by molar-refractivity contribution is 6.11. The van der Waals surface area contributed by atoms with E-state index in [0.29, 0.717) is 28.5 Å². The summed E-state index contributed by atoms with van der Waals surface area (Å²) in [5.74, 6) is 1.04. The van der Waals surface area contributed by atoms with Crippen molar-refractivity contribution >= 4 is 54.5 Å². The summed E-state index contributed by atoms with van der Waals surface area (Å²) in [6.07, 6.45) is 0. The van der Waals surface area contributed by atoms with E-state index in [0.717, 1.165) is 60.5 Å². The second-order valence-electron chi connectivity index (χ2n) is 14.6. The third-order valence-corrected chi connectivity index (χ3v) is 11.2. The van der Waals surface area contributed by atoms with E-state index in [-0.39, 0.29) is 57.8 Å². The molecule has 0 atom stereocenters.